The molecule has 1 saturated heterocycles. The minimum atomic E-state index is -0.0968. The fourth-order valence-electron chi connectivity index (χ4n) is 6.68. The van der Waals surface area contributed by atoms with Gasteiger partial charge in [0.05, 0.1) is 6.10 Å². The molecule has 1 aliphatic heterocycles. The monoisotopic (exact) mass is 386 g/mol. The van der Waals surface area contributed by atoms with Gasteiger partial charge in [-0.2, -0.15) is 0 Å². The van der Waals surface area contributed by atoms with Crippen molar-refractivity contribution in [2.24, 2.45) is 17.3 Å². The molecule has 0 amide bonds. The molecular formula is C25H42N2O. The molecule has 0 aromatic rings. The lowest BCUT2D eigenvalue weighted by atomic mass is 9.63. The van der Waals surface area contributed by atoms with Crippen LogP contribution in [0.5, 0.6) is 0 Å². The fourth-order valence-corrected chi connectivity index (χ4v) is 6.68. The molecule has 4 rings (SSSR count). The number of nitrogens with zero attached hydrogens (tertiary/aromatic N) is 2. The van der Waals surface area contributed by atoms with Gasteiger partial charge in [-0.15, -0.1) is 0 Å². The summed E-state index contributed by atoms with van der Waals surface area (Å²) in [5.74, 6) is 1.72. The first-order valence-corrected chi connectivity index (χ1v) is 12.0. The van der Waals surface area contributed by atoms with Crippen molar-refractivity contribution in [2.45, 2.75) is 77.2 Å². The molecule has 0 aromatic carbocycles. The van der Waals surface area contributed by atoms with Crippen molar-refractivity contribution >= 4 is 0 Å². The molecule has 4 atom stereocenters. The Morgan fingerprint density at radius 1 is 1.04 bits per heavy atom. The van der Waals surface area contributed by atoms with Crippen molar-refractivity contribution < 1.29 is 5.11 Å². The van der Waals surface area contributed by atoms with Gasteiger partial charge >= 0.3 is 0 Å². The summed E-state index contributed by atoms with van der Waals surface area (Å²) in [5.41, 5.74) is 3.73. The van der Waals surface area contributed by atoms with Gasteiger partial charge in [0.15, 0.2) is 0 Å². The summed E-state index contributed by atoms with van der Waals surface area (Å²) in [7, 11) is 2.25. The number of hydrogen-bond acceptors (Lipinski definition) is 3. The molecule has 158 valence electrons. The number of likely N-dealkylation sites (N-methyl/N-ethyl adjacent to an activating group) is 1. The molecule has 3 heteroatoms. The van der Waals surface area contributed by atoms with Crippen molar-refractivity contribution in [3.8, 4) is 0 Å². The molecule has 0 radical (unpaired) electrons. The second-order valence-corrected chi connectivity index (χ2v) is 10.4. The van der Waals surface area contributed by atoms with Gasteiger partial charge in [-0.25, -0.2) is 0 Å². The highest BCUT2D eigenvalue weighted by atomic mass is 16.3. The lowest BCUT2D eigenvalue weighted by Gasteiger charge is -2.43. The molecular weight excluding hydrogens is 344 g/mol. The van der Waals surface area contributed by atoms with Gasteiger partial charge in [-0.3, -0.25) is 0 Å². The van der Waals surface area contributed by atoms with E-state index in [0.29, 0.717) is 5.41 Å². The average molecular weight is 387 g/mol. The van der Waals surface area contributed by atoms with Gasteiger partial charge in [0.25, 0.3) is 0 Å². The van der Waals surface area contributed by atoms with Crippen LogP contribution in [0.3, 0.4) is 0 Å². The molecule has 4 aliphatic rings. The zero-order valence-corrected chi connectivity index (χ0v) is 18.3. The van der Waals surface area contributed by atoms with Crippen LogP contribution in [-0.2, 0) is 0 Å². The number of aliphatic hydroxyl groups is 1. The van der Waals surface area contributed by atoms with E-state index in [9.17, 15) is 5.11 Å². The van der Waals surface area contributed by atoms with Crippen molar-refractivity contribution in [1.29, 1.82) is 0 Å². The molecule has 0 aromatic heterocycles. The highest BCUT2D eigenvalue weighted by Gasteiger charge is 2.48. The van der Waals surface area contributed by atoms with Gasteiger partial charge in [0, 0.05) is 26.2 Å². The lowest BCUT2D eigenvalue weighted by molar-refractivity contribution is 0.101. The summed E-state index contributed by atoms with van der Waals surface area (Å²) in [6, 6.07) is 0. The smallest absolute Gasteiger partial charge is 0.0577 e. The number of piperazine rings is 1. The Hall–Kier alpha value is -0.640. The Labute approximate surface area is 172 Å². The third kappa shape index (κ3) is 4.57. The number of fused-ring (bicyclic) bond motifs is 1. The van der Waals surface area contributed by atoms with E-state index in [-0.39, 0.29) is 6.10 Å². The molecule has 1 heterocycles. The van der Waals surface area contributed by atoms with E-state index in [1.165, 1.54) is 83.2 Å². The van der Waals surface area contributed by atoms with Gasteiger partial charge in [-0.1, -0.05) is 30.2 Å². The molecule has 3 aliphatic carbocycles. The van der Waals surface area contributed by atoms with E-state index >= 15 is 0 Å². The van der Waals surface area contributed by atoms with Crippen molar-refractivity contribution in [2.75, 3.05) is 39.8 Å². The normalized spacial score (nSPS) is 40.9. The maximum absolute atomic E-state index is 9.96. The van der Waals surface area contributed by atoms with Gasteiger partial charge in [0.2, 0.25) is 0 Å². The molecule has 1 N–H and O–H groups in total. The predicted molar refractivity (Wildman–Crippen MR) is 117 cm³/mol. The van der Waals surface area contributed by atoms with Crippen LogP contribution in [0.25, 0.3) is 0 Å². The lowest BCUT2D eigenvalue weighted by Crippen LogP contribution is -2.45. The maximum Gasteiger partial charge on any atom is 0.0577 e. The Balaban J connectivity index is 1.37. The predicted octanol–water partition coefficient (Wildman–Crippen LogP) is 4.63. The van der Waals surface area contributed by atoms with Crippen LogP contribution >= 0.6 is 0 Å². The summed E-state index contributed by atoms with van der Waals surface area (Å²) in [6.45, 7) is 8.91. The molecule has 28 heavy (non-hydrogen) atoms. The number of hydrogen-bond donors (Lipinski definition) is 1. The van der Waals surface area contributed by atoms with Crippen LogP contribution in [0, 0.1) is 17.3 Å². The standard InChI is InChI=1S/C25H42N2O/c1-25-13-4-6-21(9-8-20-5-3-7-23(28)19-20)24(25)11-10-22(25)12-14-27-17-15-26(2)16-18-27/h8-9,22-24,28H,3-7,10-19H2,1-2H3/b20-8-,21-9+/t22-,23?,24?,25?/m1/s1. The first-order valence-electron chi connectivity index (χ1n) is 12.0. The van der Waals surface area contributed by atoms with Crippen LogP contribution in [0.2, 0.25) is 0 Å². The van der Waals surface area contributed by atoms with Crippen molar-refractivity contribution in [1.82, 2.24) is 9.80 Å². The molecule has 3 unspecified atom stereocenters. The topological polar surface area (TPSA) is 26.7 Å². The SMILES string of the molecule is CN1CCN(CC[C@H]2CCC3/C(=C/C=C4/CCCC(O)C4)CCCC32C)CC1. The molecule has 0 bridgehead atoms. The number of rotatable bonds is 4. The van der Waals surface area contributed by atoms with E-state index in [1.54, 1.807) is 5.57 Å². The Morgan fingerprint density at radius 2 is 1.86 bits per heavy atom. The van der Waals surface area contributed by atoms with Crippen LogP contribution in [0.15, 0.2) is 23.3 Å². The Kier molecular flexibility index (Phi) is 6.64. The van der Waals surface area contributed by atoms with E-state index in [2.05, 4.69) is 35.9 Å². The largest absolute Gasteiger partial charge is 0.393 e. The van der Waals surface area contributed by atoms with E-state index in [0.717, 1.165) is 31.1 Å². The highest BCUT2D eigenvalue weighted by molar-refractivity contribution is 5.25. The quantitative estimate of drug-likeness (QED) is 0.763. The minimum Gasteiger partial charge on any atom is -0.393 e. The van der Waals surface area contributed by atoms with E-state index in [1.807, 2.05) is 0 Å². The van der Waals surface area contributed by atoms with Gasteiger partial charge < -0.3 is 14.9 Å². The summed E-state index contributed by atoms with van der Waals surface area (Å²) in [4.78, 5) is 5.16. The van der Waals surface area contributed by atoms with Gasteiger partial charge in [-0.05, 0) is 95.1 Å². The molecule has 3 nitrogen and oxygen atoms in total. The van der Waals surface area contributed by atoms with Crippen LogP contribution in [-0.4, -0.2) is 60.8 Å². The zero-order chi connectivity index (χ0) is 19.6. The Morgan fingerprint density at radius 3 is 2.64 bits per heavy atom. The summed E-state index contributed by atoms with van der Waals surface area (Å²) in [6.07, 6.45) is 17.4. The minimum absolute atomic E-state index is 0.0968. The highest BCUT2D eigenvalue weighted by Crippen LogP contribution is 2.58. The number of allylic oxidation sites excluding steroid dienone is 3. The zero-order valence-electron chi connectivity index (χ0n) is 18.3. The third-order valence-electron chi connectivity index (χ3n) is 8.62. The summed E-state index contributed by atoms with van der Waals surface area (Å²) >= 11 is 0. The number of aliphatic hydroxyl groups excluding tert-OH is 1. The first kappa shape index (κ1) is 20.6. The molecule has 3 saturated carbocycles. The van der Waals surface area contributed by atoms with Crippen molar-refractivity contribution in [3.05, 3.63) is 23.3 Å². The summed E-state index contributed by atoms with van der Waals surface area (Å²) < 4.78 is 0. The van der Waals surface area contributed by atoms with Crippen LogP contribution in [0.1, 0.15) is 71.1 Å². The molecule has 0 spiro atoms. The van der Waals surface area contributed by atoms with E-state index in [4.69, 9.17) is 0 Å². The third-order valence-corrected chi connectivity index (χ3v) is 8.62. The average Bonchev–Trinajstić information content (AvgIpc) is 3.03. The fraction of sp³-hybridized carbons (Fsp3) is 0.840. The van der Waals surface area contributed by atoms with Crippen LogP contribution < -0.4 is 0 Å². The van der Waals surface area contributed by atoms with Crippen molar-refractivity contribution in [3.63, 3.8) is 0 Å². The van der Waals surface area contributed by atoms with E-state index < -0.39 is 0 Å². The van der Waals surface area contributed by atoms with Gasteiger partial charge in [0.1, 0.15) is 0 Å². The summed E-state index contributed by atoms with van der Waals surface area (Å²) in [5, 5.41) is 9.96. The maximum atomic E-state index is 9.96. The van der Waals surface area contributed by atoms with Crippen LogP contribution in [0.4, 0.5) is 0 Å². The second-order valence-electron chi connectivity index (χ2n) is 10.4. The molecule has 4 fully saturated rings. The Bertz CT molecular complexity index is 589. The first-order chi connectivity index (χ1) is 13.5. The second kappa shape index (κ2) is 9.02.